The molecule has 2 amide bonds. The van der Waals surface area contributed by atoms with Gasteiger partial charge in [0.15, 0.2) is 17.6 Å². The first-order valence-electron chi connectivity index (χ1n) is 12.4. The number of imide groups is 1. The average molecular weight is 519 g/mol. The molecular formula is C29H30N2O7. The summed E-state index contributed by atoms with van der Waals surface area (Å²) < 4.78 is 22.5. The van der Waals surface area contributed by atoms with Crippen molar-refractivity contribution in [2.75, 3.05) is 37.9 Å². The van der Waals surface area contributed by atoms with Crippen LogP contribution in [0.3, 0.4) is 0 Å². The van der Waals surface area contributed by atoms with E-state index in [1.54, 1.807) is 35.4 Å². The Bertz CT molecular complexity index is 1310. The lowest BCUT2D eigenvalue weighted by Gasteiger charge is -2.30. The molecule has 0 saturated carbocycles. The molecule has 198 valence electrons. The van der Waals surface area contributed by atoms with Gasteiger partial charge in [-0.25, -0.2) is 9.96 Å². The summed E-state index contributed by atoms with van der Waals surface area (Å²) in [6.07, 6.45) is -0.133. The van der Waals surface area contributed by atoms with Crippen molar-refractivity contribution < 1.29 is 33.4 Å². The van der Waals surface area contributed by atoms with Crippen LogP contribution in [-0.2, 0) is 14.4 Å². The quantitative estimate of drug-likeness (QED) is 0.382. The average Bonchev–Trinajstić information content (AvgIpc) is 3.47. The maximum absolute atomic E-state index is 14.0. The molecule has 2 heterocycles. The van der Waals surface area contributed by atoms with Gasteiger partial charge in [0.25, 0.3) is 5.91 Å². The summed E-state index contributed by atoms with van der Waals surface area (Å²) >= 11 is 0. The molecule has 0 aromatic heterocycles. The minimum absolute atomic E-state index is 0.359. The summed E-state index contributed by atoms with van der Waals surface area (Å²) in [5, 5.41) is 1.62. The Hall–Kier alpha value is -4.24. The van der Waals surface area contributed by atoms with Crippen LogP contribution in [0.4, 0.5) is 11.4 Å². The highest BCUT2D eigenvalue weighted by Gasteiger charge is 2.61. The van der Waals surface area contributed by atoms with Crippen LogP contribution in [0.25, 0.3) is 0 Å². The van der Waals surface area contributed by atoms with E-state index in [9.17, 15) is 9.59 Å². The van der Waals surface area contributed by atoms with Gasteiger partial charge in [-0.3, -0.25) is 14.4 Å². The van der Waals surface area contributed by atoms with E-state index in [2.05, 4.69) is 0 Å². The Balaban J connectivity index is 1.58. The zero-order valence-corrected chi connectivity index (χ0v) is 21.7. The van der Waals surface area contributed by atoms with Gasteiger partial charge in [0, 0.05) is 5.56 Å². The summed E-state index contributed by atoms with van der Waals surface area (Å²) in [6.45, 7) is 2.61. The Morgan fingerprint density at radius 1 is 0.789 bits per heavy atom. The van der Waals surface area contributed by atoms with Gasteiger partial charge in [0.05, 0.1) is 39.3 Å². The number of hydrogen-bond donors (Lipinski definition) is 0. The van der Waals surface area contributed by atoms with E-state index in [1.807, 2.05) is 43.3 Å². The zero-order chi connectivity index (χ0) is 26.8. The number of amides is 2. The van der Waals surface area contributed by atoms with Crippen LogP contribution in [0.15, 0.2) is 66.7 Å². The summed E-state index contributed by atoms with van der Waals surface area (Å²) in [5.41, 5.74) is 1.80. The van der Waals surface area contributed by atoms with Crippen molar-refractivity contribution in [1.82, 2.24) is 0 Å². The minimum atomic E-state index is -1.01. The van der Waals surface area contributed by atoms with Crippen LogP contribution in [0, 0.1) is 5.92 Å². The molecule has 38 heavy (non-hydrogen) atoms. The molecule has 0 spiro atoms. The van der Waals surface area contributed by atoms with Crippen molar-refractivity contribution in [2.24, 2.45) is 5.92 Å². The lowest BCUT2D eigenvalue weighted by molar-refractivity contribution is -0.126. The number of nitrogens with zero attached hydrogens (tertiary/aromatic N) is 2. The lowest BCUT2D eigenvalue weighted by atomic mass is 9.89. The number of anilines is 2. The monoisotopic (exact) mass is 518 g/mol. The second-order valence-electron chi connectivity index (χ2n) is 8.94. The summed E-state index contributed by atoms with van der Waals surface area (Å²) in [5.74, 6) is 0.335. The van der Waals surface area contributed by atoms with Crippen LogP contribution in [0.2, 0.25) is 0 Å². The standard InChI is InChI=1S/C29H30N2O7/c1-5-17-37-20-13-11-18(12-14-20)30-28(32)23-24(21-15-16-22(34-2)26(36-4)25(21)35-3)31(38-27(23)29(30)33)19-9-7-6-8-10-19/h6-16,23-24,27H,5,17H2,1-4H3/t23-,24+,27-/m0/s1. The Morgan fingerprint density at radius 3 is 2.13 bits per heavy atom. The predicted octanol–water partition coefficient (Wildman–Crippen LogP) is 4.55. The highest BCUT2D eigenvalue weighted by atomic mass is 16.7. The van der Waals surface area contributed by atoms with E-state index in [4.69, 9.17) is 23.8 Å². The summed E-state index contributed by atoms with van der Waals surface area (Å²) in [7, 11) is 4.58. The Morgan fingerprint density at radius 2 is 1.50 bits per heavy atom. The number of ether oxygens (including phenoxy) is 4. The number of rotatable bonds is 9. The smallest absolute Gasteiger partial charge is 0.266 e. The number of methoxy groups -OCH3 is 3. The largest absolute Gasteiger partial charge is 0.494 e. The number of carbonyl (C=O) groups is 2. The molecule has 5 rings (SSSR count). The van der Waals surface area contributed by atoms with Crippen LogP contribution in [0.1, 0.15) is 24.9 Å². The molecule has 2 saturated heterocycles. The molecule has 3 aromatic rings. The molecule has 0 radical (unpaired) electrons. The van der Waals surface area contributed by atoms with E-state index in [1.165, 1.54) is 26.2 Å². The molecule has 2 fully saturated rings. The molecule has 9 heteroatoms. The van der Waals surface area contributed by atoms with Crippen molar-refractivity contribution in [3.63, 3.8) is 0 Å². The number of benzene rings is 3. The van der Waals surface area contributed by atoms with Gasteiger partial charge in [-0.2, -0.15) is 0 Å². The molecule has 9 nitrogen and oxygen atoms in total. The third-order valence-corrected chi connectivity index (χ3v) is 6.75. The second-order valence-corrected chi connectivity index (χ2v) is 8.94. The third kappa shape index (κ3) is 4.18. The number of fused-ring (bicyclic) bond motifs is 1. The first kappa shape index (κ1) is 25.4. The van der Waals surface area contributed by atoms with E-state index in [-0.39, 0.29) is 5.91 Å². The fourth-order valence-electron chi connectivity index (χ4n) is 5.05. The minimum Gasteiger partial charge on any atom is -0.494 e. The highest BCUT2D eigenvalue weighted by Crippen LogP contribution is 2.52. The summed E-state index contributed by atoms with van der Waals surface area (Å²) in [4.78, 5) is 35.0. The van der Waals surface area contributed by atoms with Crippen molar-refractivity contribution in [1.29, 1.82) is 0 Å². The molecule has 0 aliphatic carbocycles. The maximum atomic E-state index is 14.0. The number of para-hydroxylation sites is 1. The zero-order valence-electron chi connectivity index (χ0n) is 21.7. The normalized spacial score (nSPS) is 20.5. The molecular weight excluding hydrogens is 488 g/mol. The first-order chi connectivity index (χ1) is 18.5. The van der Waals surface area contributed by atoms with E-state index in [0.717, 1.165) is 6.42 Å². The van der Waals surface area contributed by atoms with Crippen LogP contribution >= 0.6 is 0 Å². The van der Waals surface area contributed by atoms with Gasteiger partial charge >= 0.3 is 0 Å². The second kappa shape index (κ2) is 10.6. The van der Waals surface area contributed by atoms with Gasteiger partial charge < -0.3 is 18.9 Å². The van der Waals surface area contributed by atoms with Crippen molar-refractivity contribution >= 4 is 23.2 Å². The fraction of sp³-hybridized carbons (Fsp3) is 0.310. The van der Waals surface area contributed by atoms with Gasteiger partial charge in [0.2, 0.25) is 11.7 Å². The lowest BCUT2D eigenvalue weighted by Crippen LogP contribution is -2.37. The van der Waals surface area contributed by atoms with Gasteiger partial charge in [0.1, 0.15) is 17.7 Å². The van der Waals surface area contributed by atoms with E-state index in [0.29, 0.717) is 46.5 Å². The fourth-order valence-corrected chi connectivity index (χ4v) is 5.05. The molecule has 2 aliphatic heterocycles. The van der Waals surface area contributed by atoms with E-state index >= 15 is 0 Å². The molecule has 3 atom stereocenters. The Labute approximate surface area is 221 Å². The van der Waals surface area contributed by atoms with Crippen LogP contribution in [0.5, 0.6) is 23.0 Å². The number of carbonyl (C=O) groups excluding carboxylic acids is 2. The van der Waals surface area contributed by atoms with E-state index < -0.39 is 24.0 Å². The molecule has 3 aromatic carbocycles. The predicted molar refractivity (Wildman–Crippen MR) is 141 cm³/mol. The number of hydroxylamine groups is 1. The number of hydrogen-bond acceptors (Lipinski definition) is 8. The maximum Gasteiger partial charge on any atom is 0.266 e. The van der Waals surface area contributed by atoms with Gasteiger partial charge in [-0.05, 0) is 55.0 Å². The van der Waals surface area contributed by atoms with Crippen molar-refractivity contribution in [2.45, 2.75) is 25.5 Å². The van der Waals surface area contributed by atoms with Gasteiger partial charge in [-0.1, -0.05) is 25.1 Å². The molecule has 2 aliphatic rings. The topological polar surface area (TPSA) is 86.8 Å². The molecule has 0 N–H and O–H groups in total. The third-order valence-electron chi connectivity index (χ3n) is 6.75. The molecule has 0 unspecified atom stereocenters. The van der Waals surface area contributed by atoms with Gasteiger partial charge in [-0.15, -0.1) is 0 Å². The first-order valence-corrected chi connectivity index (χ1v) is 12.4. The van der Waals surface area contributed by atoms with Crippen LogP contribution < -0.4 is 28.9 Å². The van der Waals surface area contributed by atoms with Crippen molar-refractivity contribution in [3.05, 3.63) is 72.3 Å². The Kier molecular flexibility index (Phi) is 7.11. The van der Waals surface area contributed by atoms with Crippen LogP contribution in [-0.4, -0.2) is 45.9 Å². The highest BCUT2D eigenvalue weighted by molar-refractivity contribution is 6.24. The molecule has 0 bridgehead atoms. The SMILES string of the molecule is CCCOc1ccc(N2C(=O)[C@@H]3[C@H](ON(c4ccccc4)[C@@H]3c3ccc(OC)c(OC)c3OC)C2=O)cc1. The van der Waals surface area contributed by atoms with Crippen molar-refractivity contribution in [3.8, 4) is 23.0 Å². The summed E-state index contributed by atoms with van der Waals surface area (Å²) in [6, 6.07) is 19.2.